The smallest absolute Gasteiger partial charge is 0.253 e. The summed E-state index contributed by atoms with van der Waals surface area (Å²) in [6, 6.07) is 9.55. The SMILES string of the molecule is Cl.Cl.O=C(NC1CCNC1)c1cncc(-c2ccc(Cl)cc2)c1. The number of hydrogen-bond acceptors (Lipinski definition) is 3. The standard InChI is InChI=1S/C16H16ClN3O.2ClH/c17-14-3-1-11(2-4-14)12-7-13(9-19-8-12)16(21)20-15-5-6-18-10-15;;/h1-4,7-9,15,18H,5-6,10H2,(H,20,21);2*1H. The highest BCUT2D eigenvalue weighted by Gasteiger charge is 2.17. The lowest BCUT2D eigenvalue weighted by molar-refractivity contribution is 0.0939. The van der Waals surface area contributed by atoms with E-state index in [4.69, 9.17) is 11.6 Å². The number of carbonyl (C=O) groups is 1. The van der Waals surface area contributed by atoms with E-state index in [0.29, 0.717) is 10.6 Å². The molecule has 2 aromatic rings. The van der Waals surface area contributed by atoms with Crippen LogP contribution >= 0.6 is 36.4 Å². The highest BCUT2D eigenvalue weighted by molar-refractivity contribution is 6.30. The number of nitrogens with zero attached hydrogens (tertiary/aromatic N) is 1. The molecule has 1 aromatic carbocycles. The van der Waals surface area contributed by atoms with Gasteiger partial charge in [-0.15, -0.1) is 24.8 Å². The van der Waals surface area contributed by atoms with Gasteiger partial charge in [0.2, 0.25) is 0 Å². The average Bonchev–Trinajstić information content (AvgIpc) is 3.01. The van der Waals surface area contributed by atoms with Crippen molar-refractivity contribution in [1.29, 1.82) is 0 Å². The molecule has 1 unspecified atom stereocenters. The van der Waals surface area contributed by atoms with Crippen LogP contribution in [0.15, 0.2) is 42.7 Å². The minimum absolute atomic E-state index is 0. The van der Waals surface area contributed by atoms with Crippen molar-refractivity contribution in [3.8, 4) is 11.1 Å². The van der Waals surface area contributed by atoms with Crippen LogP contribution in [0.4, 0.5) is 0 Å². The zero-order chi connectivity index (χ0) is 14.7. The van der Waals surface area contributed by atoms with Gasteiger partial charge in [-0.1, -0.05) is 23.7 Å². The fraction of sp³-hybridized carbons (Fsp3) is 0.250. The molecule has 1 aliphatic heterocycles. The minimum atomic E-state index is -0.0768. The van der Waals surface area contributed by atoms with Gasteiger partial charge >= 0.3 is 0 Å². The summed E-state index contributed by atoms with van der Waals surface area (Å²) in [6.45, 7) is 1.78. The zero-order valence-corrected chi connectivity index (χ0v) is 14.7. The first-order valence-corrected chi connectivity index (χ1v) is 7.33. The van der Waals surface area contributed by atoms with Crippen LogP contribution in [0, 0.1) is 0 Å². The van der Waals surface area contributed by atoms with Crippen molar-refractivity contribution < 1.29 is 4.79 Å². The molecule has 124 valence electrons. The summed E-state index contributed by atoms with van der Waals surface area (Å²) >= 11 is 5.89. The molecule has 2 N–H and O–H groups in total. The molecule has 0 saturated carbocycles. The van der Waals surface area contributed by atoms with Crippen molar-refractivity contribution in [2.75, 3.05) is 13.1 Å². The van der Waals surface area contributed by atoms with E-state index in [2.05, 4.69) is 15.6 Å². The molecule has 1 aromatic heterocycles. The molecule has 0 bridgehead atoms. The van der Waals surface area contributed by atoms with Crippen LogP contribution in [0.5, 0.6) is 0 Å². The van der Waals surface area contributed by atoms with Gasteiger partial charge < -0.3 is 10.6 Å². The van der Waals surface area contributed by atoms with E-state index < -0.39 is 0 Å². The number of rotatable bonds is 3. The summed E-state index contributed by atoms with van der Waals surface area (Å²) in [4.78, 5) is 16.4. The number of carbonyl (C=O) groups excluding carboxylic acids is 1. The third-order valence-electron chi connectivity index (χ3n) is 3.57. The number of benzene rings is 1. The van der Waals surface area contributed by atoms with Crippen molar-refractivity contribution >= 4 is 42.3 Å². The molecule has 1 atom stereocenters. The molecule has 0 spiro atoms. The minimum Gasteiger partial charge on any atom is -0.348 e. The summed E-state index contributed by atoms with van der Waals surface area (Å²) in [5.41, 5.74) is 2.47. The summed E-state index contributed by atoms with van der Waals surface area (Å²) in [6.07, 6.45) is 4.31. The van der Waals surface area contributed by atoms with E-state index in [9.17, 15) is 4.79 Å². The van der Waals surface area contributed by atoms with Crippen LogP contribution in [0.2, 0.25) is 5.02 Å². The molecule has 1 amide bonds. The maximum atomic E-state index is 12.2. The highest BCUT2D eigenvalue weighted by atomic mass is 35.5. The van der Waals surface area contributed by atoms with Crippen LogP contribution in [0.3, 0.4) is 0 Å². The van der Waals surface area contributed by atoms with E-state index in [1.165, 1.54) is 0 Å². The number of aromatic nitrogens is 1. The number of hydrogen-bond donors (Lipinski definition) is 2. The molecule has 1 fully saturated rings. The first-order valence-electron chi connectivity index (χ1n) is 6.95. The van der Waals surface area contributed by atoms with Crippen LogP contribution < -0.4 is 10.6 Å². The predicted molar refractivity (Wildman–Crippen MR) is 97.9 cm³/mol. The largest absolute Gasteiger partial charge is 0.348 e. The van der Waals surface area contributed by atoms with E-state index in [0.717, 1.165) is 30.6 Å². The first-order chi connectivity index (χ1) is 10.2. The van der Waals surface area contributed by atoms with E-state index >= 15 is 0 Å². The Morgan fingerprint density at radius 3 is 2.57 bits per heavy atom. The summed E-state index contributed by atoms with van der Waals surface area (Å²) in [5, 5.41) is 6.94. The molecule has 0 aliphatic carbocycles. The summed E-state index contributed by atoms with van der Waals surface area (Å²) in [5.74, 6) is -0.0768. The summed E-state index contributed by atoms with van der Waals surface area (Å²) < 4.78 is 0. The van der Waals surface area contributed by atoms with Gasteiger partial charge in [-0.25, -0.2) is 0 Å². The normalized spacial score (nSPS) is 16.1. The van der Waals surface area contributed by atoms with Crippen molar-refractivity contribution in [2.24, 2.45) is 0 Å². The van der Waals surface area contributed by atoms with E-state index in [1.807, 2.05) is 30.3 Å². The van der Waals surface area contributed by atoms with Gasteiger partial charge in [0, 0.05) is 35.6 Å². The number of pyridine rings is 1. The molecule has 3 rings (SSSR count). The third-order valence-corrected chi connectivity index (χ3v) is 3.83. The molecule has 0 radical (unpaired) electrons. The maximum absolute atomic E-state index is 12.2. The lowest BCUT2D eigenvalue weighted by atomic mass is 10.1. The topological polar surface area (TPSA) is 54.0 Å². The number of nitrogens with one attached hydrogen (secondary N) is 2. The monoisotopic (exact) mass is 373 g/mol. The Hall–Kier alpha value is -1.33. The van der Waals surface area contributed by atoms with Gasteiger partial charge in [-0.05, 0) is 36.7 Å². The Balaban J connectivity index is 0.00000132. The van der Waals surface area contributed by atoms with Gasteiger partial charge in [-0.3, -0.25) is 9.78 Å². The van der Waals surface area contributed by atoms with Gasteiger partial charge in [0.05, 0.1) is 5.56 Å². The molecule has 23 heavy (non-hydrogen) atoms. The Morgan fingerprint density at radius 2 is 1.91 bits per heavy atom. The Kier molecular flexibility index (Phi) is 7.79. The Morgan fingerprint density at radius 1 is 1.17 bits per heavy atom. The average molecular weight is 375 g/mol. The number of halogens is 3. The lowest BCUT2D eigenvalue weighted by Gasteiger charge is -2.11. The van der Waals surface area contributed by atoms with Crippen LogP contribution in [-0.4, -0.2) is 30.0 Å². The Labute approximate surface area is 152 Å². The van der Waals surface area contributed by atoms with Gasteiger partial charge in [0.1, 0.15) is 0 Å². The van der Waals surface area contributed by atoms with Crippen molar-refractivity contribution in [3.63, 3.8) is 0 Å². The molecular weight excluding hydrogens is 357 g/mol. The third kappa shape index (κ3) is 5.08. The van der Waals surface area contributed by atoms with Crippen LogP contribution in [0.1, 0.15) is 16.8 Å². The second kappa shape index (κ2) is 9.08. The van der Waals surface area contributed by atoms with E-state index in [-0.39, 0.29) is 36.8 Å². The molecule has 1 aliphatic rings. The predicted octanol–water partition coefficient (Wildman–Crippen LogP) is 3.34. The molecule has 2 heterocycles. The quantitative estimate of drug-likeness (QED) is 0.866. The molecule has 4 nitrogen and oxygen atoms in total. The highest BCUT2D eigenvalue weighted by Crippen LogP contribution is 2.21. The van der Waals surface area contributed by atoms with Crippen LogP contribution in [-0.2, 0) is 0 Å². The maximum Gasteiger partial charge on any atom is 0.253 e. The zero-order valence-electron chi connectivity index (χ0n) is 12.3. The van der Waals surface area contributed by atoms with Crippen molar-refractivity contribution in [1.82, 2.24) is 15.6 Å². The fourth-order valence-electron chi connectivity index (χ4n) is 2.41. The van der Waals surface area contributed by atoms with Crippen molar-refractivity contribution in [2.45, 2.75) is 12.5 Å². The van der Waals surface area contributed by atoms with Crippen LogP contribution in [0.25, 0.3) is 11.1 Å². The second-order valence-corrected chi connectivity index (χ2v) is 5.57. The molecular formula is C16H18Cl3N3O. The fourth-order valence-corrected chi connectivity index (χ4v) is 2.54. The van der Waals surface area contributed by atoms with E-state index in [1.54, 1.807) is 12.4 Å². The molecule has 7 heteroatoms. The number of amides is 1. The van der Waals surface area contributed by atoms with Gasteiger partial charge in [0.15, 0.2) is 0 Å². The second-order valence-electron chi connectivity index (χ2n) is 5.13. The Bertz CT molecular complexity index is 643. The first kappa shape index (κ1) is 19.7. The van der Waals surface area contributed by atoms with Gasteiger partial charge in [0.25, 0.3) is 5.91 Å². The van der Waals surface area contributed by atoms with Gasteiger partial charge in [-0.2, -0.15) is 0 Å². The molecule has 1 saturated heterocycles. The van der Waals surface area contributed by atoms with Crippen molar-refractivity contribution in [3.05, 3.63) is 53.3 Å². The lowest BCUT2D eigenvalue weighted by Crippen LogP contribution is -2.36. The summed E-state index contributed by atoms with van der Waals surface area (Å²) in [7, 11) is 0.